The third-order valence-electron chi connectivity index (χ3n) is 5.76. The number of para-hydroxylation sites is 1. The molecule has 0 aliphatic carbocycles. The molecule has 0 spiro atoms. The molecule has 0 unspecified atom stereocenters. The zero-order chi connectivity index (χ0) is 27.4. The number of aromatic nitrogens is 1. The van der Waals surface area contributed by atoms with Crippen LogP contribution in [0, 0.1) is 19.7 Å². The van der Waals surface area contributed by atoms with Crippen molar-refractivity contribution >= 4 is 51.0 Å². The highest BCUT2D eigenvalue weighted by Gasteiger charge is 2.29. The Morgan fingerprint density at radius 2 is 1.68 bits per heavy atom. The second-order valence-electron chi connectivity index (χ2n) is 8.33. The van der Waals surface area contributed by atoms with Gasteiger partial charge in [-0.15, -0.1) is 0 Å². The van der Waals surface area contributed by atoms with E-state index in [0.29, 0.717) is 10.0 Å². The van der Waals surface area contributed by atoms with Gasteiger partial charge >= 0.3 is 0 Å². The lowest BCUT2D eigenvalue weighted by atomic mass is 10.2. The molecule has 0 aliphatic rings. The summed E-state index contributed by atoms with van der Waals surface area (Å²) in [5, 5.41) is 4.87. The number of hydrazone groups is 1. The molecular weight excluding hydrogens is 550 g/mol. The summed E-state index contributed by atoms with van der Waals surface area (Å²) in [5.41, 5.74) is 5.35. The average molecular weight is 573 g/mol. The third kappa shape index (κ3) is 5.75. The van der Waals surface area contributed by atoms with E-state index in [1.165, 1.54) is 36.5 Å². The minimum atomic E-state index is -4.24. The first kappa shape index (κ1) is 27.4. The molecule has 1 N–H and O–H groups in total. The van der Waals surface area contributed by atoms with Gasteiger partial charge in [-0.05, 0) is 62.4 Å². The van der Waals surface area contributed by atoms with Crippen LogP contribution < -0.4 is 9.73 Å². The number of hydrogen-bond acceptors (Lipinski definition) is 4. The normalized spacial score (nSPS) is 11.6. The summed E-state index contributed by atoms with van der Waals surface area (Å²) < 4.78 is 43.9. The molecule has 196 valence electrons. The van der Waals surface area contributed by atoms with Crippen molar-refractivity contribution in [2.45, 2.75) is 18.7 Å². The van der Waals surface area contributed by atoms with Crippen LogP contribution in [0.5, 0.6) is 0 Å². The topological polar surface area (TPSA) is 83.8 Å². The lowest BCUT2D eigenvalue weighted by molar-refractivity contribution is -0.119. The van der Waals surface area contributed by atoms with Crippen LogP contribution in [0.4, 0.5) is 10.1 Å². The number of carbonyl (C=O) groups is 1. The number of amides is 1. The smallest absolute Gasteiger partial charge is 0.264 e. The van der Waals surface area contributed by atoms with Crippen molar-refractivity contribution in [3.8, 4) is 5.69 Å². The van der Waals surface area contributed by atoms with E-state index >= 15 is 0 Å². The van der Waals surface area contributed by atoms with Crippen LogP contribution in [0.25, 0.3) is 5.69 Å². The SMILES string of the molecule is Cc1cc(/C=N\NC(=O)CN(c2ccccc2F)S(=O)(=O)c2ccccc2)c(C)n1-c1ccc(Cl)c(Cl)c1. The number of nitrogens with one attached hydrogen (secondary N) is 1. The van der Waals surface area contributed by atoms with Gasteiger partial charge in [-0.3, -0.25) is 9.10 Å². The molecule has 1 amide bonds. The molecule has 3 aromatic carbocycles. The molecule has 11 heteroatoms. The van der Waals surface area contributed by atoms with Crippen LogP contribution in [-0.4, -0.2) is 31.7 Å². The van der Waals surface area contributed by atoms with Gasteiger partial charge in [-0.1, -0.05) is 53.5 Å². The summed E-state index contributed by atoms with van der Waals surface area (Å²) in [6.45, 7) is 3.11. The number of anilines is 1. The van der Waals surface area contributed by atoms with Gasteiger partial charge in [0.15, 0.2) is 0 Å². The largest absolute Gasteiger partial charge is 0.318 e. The molecule has 0 fully saturated rings. The number of rotatable bonds is 8. The maximum absolute atomic E-state index is 14.6. The summed E-state index contributed by atoms with van der Waals surface area (Å²) >= 11 is 12.2. The molecule has 0 radical (unpaired) electrons. The average Bonchev–Trinajstić information content (AvgIpc) is 3.18. The molecule has 1 heterocycles. The van der Waals surface area contributed by atoms with Gasteiger partial charge in [0.05, 0.1) is 26.8 Å². The van der Waals surface area contributed by atoms with Crippen molar-refractivity contribution in [1.82, 2.24) is 9.99 Å². The Kier molecular flexibility index (Phi) is 8.20. The third-order valence-corrected chi connectivity index (χ3v) is 8.28. The first-order valence-electron chi connectivity index (χ1n) is 11.4. The molecular formula is C27H23Cl2FN4O3S. The minimum absolute atomic E-state index is 0.0747. The van der Waals surface area contributed by atoms with Gasteiger partial charge < -0.3 is 4.57 Å². The van der Waals surface area contributed by atoms with Crippen molar-refractivity contribution in [3.05, 3.63) is 112 Å². The van der Waals surface area contributed by atoms with Crippen molar-refractivity contribution in [2.24, 2.45) is 5.10 Å². The summed E-state index contributed by atoms with van der Waals surface area (Å²) in [5.74, 6) is -1.53. The highest BCUT2D eigenvalue weighted by Crippen LogP contribution is 2.28. The Bertz CT molecular complexity index is 1620. The summed E-state index contributed by atoms with van der Waals surface area (Å²) in [6.07, 6.45) is 1.45. The Balaban J connectivity index is 1.56. The number of carbonyl (C=O) groups excluding carboxylic acids is 1. The van der Waals surface area contributed by atoms with Gasteiger partial charge in [-0.25, -0.2) is 18.2 Å². The molecule has 4 rings (SSSR count). The van der Waals surface area contributed by atoms with Gasteiger partial charge in [0, 0.05) is 22.6 Å². The lowest BCUT2D eigenvalue weighted by Gasteiger charge is -2.24. The van der Waals surface area contributed by atoms with Gasteiger partial charge in [-0.2, -0.15) is 5.10 Å². The van der Waals surface area contributed by atoms with E-state index in [0.717, 1.165) is 33.0 Å². The zero-order valence-electron chi connectivity index (χ0n) is 20.4. The summed E-state index contributed by atoms with van der Waals surface area (Å²) in [6, 6.07) is 20.0. The van der Waals surface area contributed by atoms with Gasteiger partial charge in [0.2, 0.25) is 0 Å². The monoisotopic (exact) mass is 572 g/mol. The number of hydrogen-bond donors (Lipinski definition) is 1. The molecule has 0 aliphatic heterocycles. The van der Waals surface area contributed by atoms with Gasteiger partial charge in [0.1, 0.15) is 12.4 Å². The lowest BCUT2D eigenvalue weighted by Crippen LogP contribution is -2.40. The molecule has 0 saturated carbocycles. The van der Waals surface area contributed by atoms with Crippen LogP contribution in [0.2, 0.25) is 10.0 Å². The van der Waals surface area contributed by atoms with E-state index in [9.17, 15) is 17.6 Å². The summed E-state index contributed by atoms with van der Waals surface area (Å²) in [4.78, 5) is 12.7. The van der Waals surface area contributed by atoms with E-state index in [4.69, 9.17) is 23.2 Å². The molecule has 1 aromatic heterocycles. The highest BCUT2D eigenvalue weighted by molar-refractivity contribution is 7.92. The van der Waals surface area contributed by atoms with Crippen LogP contribution in [-0.2, 0) is 14.8 Å². The number of sulfonamides is 1. The Morgan fingerprint density at radius 3 is 2.37 bits per heavy atom. The fourth-order valence-electron chi connectivity index (χ4n) is 3.95. The predicted molar refractivity (Wildman–Crippen MR) is 148 cm³/mol. The first-order chi connectivity index (χ1) is 18.1. The predicted octanol–water partition coefficient (Wildman–Crippen LogP) is 5.89. The number of aryl methyl sites for hydroxylation is 1. The first-order valence-corrected chi connectivity index (χ1v) is 13.6. The maximum Gasteiger partial charge on any atom is 0.264 e. The second-order valence-corrected chi connectivity index (χ2v) is 11.0. The van der Waals surface area contributed by atoms with E-state index in [-0.39, 0.29) is 10.6 Å². The quantitative estimate of drug-likeness (QED) is 0.211. The Morgan fingerprint density at radius 1 is 1.00 bits per heavy atom. The van der Waals surface area contributed by atoms with Crippen LogP contribution in [0.1, 0.15) is 17.0 Å². The number of benzene rings is 3. The minimum Gasteiger partial charge on any atom is -0.318 e. The van der Waals surface area contributed by atoms with E-state index in [1.807, 2.05) is 30.5 Å². The van der Waals surface area contributed by atoms with E-state index in [2.05, 4.69) is 10.5 Å². The van der Waals surface area contributed by atoms with Crippen molar-refractivity contribution in [3.63, 3.8) is 0 Å². The summed E-state index contributed by atoms with van der Waals surface area (Å²) in [7, 11) is -4.24. The fourth-order valence-corrected chi connectivity index (χ4v) is 5.69. The Labute approximate surface area is 230 Å². The molecule has 38 heavy (non-hydrogen) atoms. The highest BCUT2D eigenvalue weighted by atomic mass is 35.5. The standard InChI is InChI=1S/C27H23Cl2FN4O3S/c1-18-14-20(19(2)34(18)21-12-13-23(28)24(29)15-21)16-31-32-27(35)17-33(26-11-7-6-10-25(26)30)38(36,37)22-8-4-3-5-9-22/h3-16H,17H2,1-2H3,(H,32,35)/b31-16-. The Hall–Kier alpha value is -3.66. The molecule has 0 atom stereocenters. The van der Waals surface area contributed by atoms with E-state index in [1.54, 1.807) is 30.3 Å². The number of halogens is 3. The zero-order valence-corrected chi connectivity index (χ0v) is 22.7. The maximum atomic E-state index is 14.6. The van der Waals surface area contributed by atoms with Crippen LogP contribution in [0.15, 0.2) is 88.9 Å². The molecule has 4 aromatic rings. The fraction of sp³-hybridized carbons (Fsp3) is 0.111. The van der Waals surface area contributed by atoms with Gasteiger partial charge in [0.25, 0.3) is 15.9 Å². The van der Waals surface area contributed by atoms with Crippen molar-refractivity contribution in [1.29, 1.82) is 0 Å². The van der Waals surface area contributed by atoms with Crippen molar-refractivity contribution < 1.29 is 17.6 Å². The number of nitrogens with zero attached hydrogens (tertiary/aromatic N) is 3. The molecule has 0 bridgehead atoms. The van der Waals surface area contributed by atoms with Crippen LogP contribution in [0.3, 0.4) is 0 Å². The molecule has 0 saturated heterocycles. The van der Waals surface area contributed by atoms with E-state index < -0.39 is 28.3 Å². The van der Waals surface area contributed by atoms with Crippen molar-refractivity contribution in [2.75, 3.05) is 10.8 Å². The second kappa shape index (κ2) is 11.4. The van der Waals surface area contributed by atoms with Crippen LogP contribution >= 0.6 is 23.2 Å². The molecule has 7 nitrogen and oxygen atoms in total.